The van der Waals surface area contributed by atoms with Crippen molar-refractivity contribution < 1.29 is 4.74 Å². The third-order valence-corrected chi connectivity index (χ3v) is 2.25. The summed E-state index contributed by atoms with van der Waals surface area (Å²) in [5.41, 5.74) is 0. The van der Waals surface area contributed by atoms with Gasteiger partial charge in [0.1, 0.15) is 6.61 Å². The predicted octanol–water partition coefficient (Wildman–Crippen LogP) is 1.45. The molecular formula is C10H18ClNO. The SMILES string of the molecule is C#CCOCCC1CCCNC1.Cl. The number of halogens is 1. The first kappa shape index (κ1) is 12.8. The Labute approximate surface area is 86.8 Å². The van der Waals surface area contributed by atoms with Gasteiger partial charge in [0.05, 0.1) is 0 Å². The lowest BCUT2D eigenvalue weighted by atomic mass is 9.97. The van der Waals surface area contributed by atoms with Crippen LogP contribution in [0.15, 0.2) is 0 Å². The number of piperidine rings is 1. The maximum atomic E-state index is 5.22. The highest BCUT2D eigenvalue weighted by Gasteiger charge is 2.11. The maximum absolute atomic E-state index is 5.22. The molecule has 1 atom stereocenters. The van der Waals surface area contributed by atoms with E-state index in [1.807, 2.05) is 0 Å². The average Bonchev–Trinajstić information content (AvgIpc) is 2.14. The summed E-state index contributed by atoms with van der Waals surface area (Å²) in [7, 11) is 0. The van der Waals surface area contributed by atoms with Gasteiger partial charge in [0.15, 0.2) is 0 Å². The quantitative estimate of drug-likeness (QED) is 0.552. The van der Waals surface area contributed by atoms with Crippen LogP contribution in [0.25, 0.3) is 0 Å². The van der Waals surface area contributed by atoms with Crippen LogP contribution in [0.5, 0.6) is 0 Å². The number of ether oxygens (including phenoxy) is 1. The van der Waals surface area contributed by atoms with Gasteiger partial charge in [0.2, 0.25) is 0 Å². The van der Waals surface area contributed by atoms with Gasteiger partial charge in [-0.05, 0) is 38.3 Å². The third kappa shape index (κ3) is 5.93. The minimum absolute atomic E-state index is 0. The first-order valence-electron chi connectivity index (χ1n) is 4.65. The van der Waals surface area contributed by atoms with Crippen molar-refractivity contribution in [3.05, 3.63) is 0 Å². The van der Waals surface area contributed by atoms with Crippen molar-refractivity contribution in [2.24, 2.45) is 5.92 Å². The monoisotopic (exact) mass is 203 g/mol. The van der Waals surface area contributed by atoms with Gasteiger partial charge in [0, 0.05) is 6.61 Å². The molecule has 13 heavy (non-hydrogen) atoms. The Kier molecular flexibility index (Phi) is 8.22. The molecule has 1 aliphatic rings. The Hall–Kier alpha value is -0.230. The Morgan fingerprint density at radius 3 is 3.00 bits per heavy atom. The topological polar surface area (TPSA) is 21.3 Å². The molecule has 1 N–H and O–H groups in total. The molecule has 0 aliphatic carbocycles. The molecule has 1 unspecified atom stereocenters. The highest BCUT2D eigenvalue weighted by Crippen LogP contribution is 2.13. The molecule has 3 heteroatoms. The highest BCUT2D eigenvalue weighted by molar-refractivity contribution is 5.85. The van der Waals surface area contributed by atoms with Gasteiger partial charge in [-0.2, -0.15) is 0 Å². The van der Waals surface area contributed by atoms with E-state index in [9.17, 15) is 0 Å². The summed E-state index contributed by atoms with van der Waals surface area (Å²) in [5.74, 6) is 3.27. The zero-order valence-corrected chi connectivity index (χ0v) is 8.74. The molecule has 0 amide bonds. The van der Waals surface area contributed by atoms with Crippen LogP contribution in [0.1, 0.15) is 19.3 Å². The number of hydrogen-bond donors (Lipinski definition) is 1. The standard InChI is InChI=1S/C10H17NO.ClH/c1-2-7-12-8-5-10-4-3-6-11-9-10;/h1,10-11H,3-9H2;1H. The van der Waals surface area contributed by atoms with E-state index in [4.69, 9.17) is 11.2 Å². The average molecular weight is 204 g/mol. The molecule has 0 spiro atoms. The first-order chi connectivity index (χ1) is 5.93. The van der Waals surface area contributed by atoms with Crippen LogP contribution in [0.4, 0.5) is 0 Å². The summed E-state index contributed by atoms with van der Waals surface area (Å²) in [6, 6.07) is 0. The minimum atomic E-state index is 0. The molecule has 0 aromatic carbocycles. The summed E-state index contributed by atoms with van der Waals surface area (Å²) in [4.78, 5) is 0. The molecule has 1 aliphatic heterocycles. The van der Waals surface area contributed by atoms with Crippen LogP contribution in [-0.4, -0.2) is 26.3 Å². The van der Waals surface area contributed by atoms with Crippen LogP contribution in [0.2, 0.25) is 0 Å². The molecule has 0 saturated carbocycles. The summed E-state index contributed by atoms with van der Waals surface area (Å²) in [5, 5.41) is 3.38. The van der Waals surface area contributed by atoms with Crippen LogP contribution < -0.4 is 5.32 Å². The van der Waals surface area contributed by atoms with Gasteiger partial charge < -0.3 is 10.1 Å². The second kappa shape index (κ2) is 8.37. The molecule has 0 radical (unpaired) electrons. The van der Waals surface area contributed by atoms with Crippen LogP contribution >= 0.6 is 12.4 Å². The fourth-order valence-electron chi connectivity index (χ4n) is 1.55. The number of nitrogens with one attached hydrogen (secondary N) is 1. The summed E-state index contributed by atoms with van der Waals surface area (Å²) < 4.78 is 5.22. The molecule has 1 saturated heterocycles. The molecular weight excluding hydrogens is 186 g/mol. The Morgan fingerprint density at radius 1 is 1.54 bits per heavy atom. The maximum Gasteiger partial charge on any atom is 0.107 e. The third-order valence-electron chi connectivity index (χ3n) is 2.25. The zero-order valence-electron chi connectivity index (χ0n) is 7.92. The molecule has 1 rings (SSSR count). The van der Waals surface area contributed by atoms with E-state index >= 15 is 0 Å². The van der Waals surface area contributed by atoms with Crippen molar-refractivity contribution in [1.29, 1.82) is 0 Å². The fourth-order valence-corrected chi connectivity index (χ4v) is 1.55. The Bertz CT molecular complexity index is 149. The van der Waals surface area contributed by atoms with E-state index < -0.39 is 0 Å². The molecule has 2 nitrogen and oxygen atoms in total. The van der Waals surface area contributed by atoms with Gasteiger partial charge in [-0.25, -0.2) is 0 Å². The second-order valence-corrected chi connectivity index (χ2v) is 3.26. The van der Waals surface area contributed by atoms with Crippen LogP contribution in [0.3, 0.4) is 0 Å². The van der Waals surface area contributed by atoms with E-state index in [0.29, 0.717) is 6.61 Å². The van der Waals surface area contributed by atoms with Crippen LogP contribution in [-0.2, 0) is 4.74 Å². The fraction of sp³-hybridized carbons (Fsp3) is 0.800. The summed E-state index contributed by atoms with van der Waals surface area (Å²) in [6.45, 7) is 3.61. The lowest BCUT2D eigenvalue weighted by molar-refractivity contribution is 0.143. The lowest BCUT2D eigenvalue weighted by Gasteiger charge is -2.22. The van der Waals surface area contributed by atoms with Gasteiger partial charge in [-0.1, -0.05) is 5.92 Å². The predicted molar refractivity (Wildman–Crippen MR) is 57.1 cm³/mol. The van der Waals surface area contributed by atoms with E-state index in [2.05, 4.69) is 11.2 Å². The Balaban J connectivity index is 0.00000144. The number of hydrogen-bond acceptors (Lipinski definition) is 2. The normalized spacial score (nSPS) is 21.6. The number of rotatable bonds is 4. The van der Waals surface area contributed by atoms with Crippen molar-refractivity contribution in [2.45, 2.75) is 19.3 Å². The smallest absolute Gasteiger partial charge is 0.107 e. The van der Waals surface area contributed by atoms with Gasteiger partial charge >= 0.3 is 0 Å². The summed E-state index contributed by atoms with van der Waals surface area (Å²) in [6.07, 6.45) is 8.85. The van der Waals surface area contributed by atoms with E-state index in [1.54, 1.807) is 0 Å². The van der Waals surface area contributed by atoms with E-state index in [1.165, 1.54) is 19.4 Å². The Morgan fingerprint density at radius 2 is 2.38 bits per heavy atom. The van der Waals surface area contributed by atoms with E-state index in [0.717, 1.165) is 25.5 Å². The second-order valence-electron chi connectivity index (χ2n) is 3.26. The van der Waals surface area contributed by atoms with Crippen molar-refractivity contribution in [3.63, 3.8) is 0 Å². The molecule has 0 bridgehead atoms. The number of terminal acetylenes is 1. The van der Waals surface area contributed by atoms with Crippen molar-refractivity contribution in [1.82, 2.24) is 5.32 Å². The molecule has 1 heterocycles. The van der Waals surface area contributed by atoms with Crippen molar-refractivity contribution in [3.8, 4) is 12.3 Å². The zero-order chi connectivity index (χ0) is 8.65. The van der Waals surface area contributed by atoms with Crippen molar-refractivity contribution >= 4 is 12.4 Å². The molecule has 0 aromatic rings. The van der Waals surface area contributed by atoms with Gasteiger partial charge in [-0.3, -0.25) is 0 Å². The highest BCUT2D eigenvalue weighted by atomic mass is 35.5. The minimum Gasteiger partial charge on any atom is -0.369 e. The van der Waals surface area contributed by atoms with Gasteiger partial charge in [-0.15, -0.1) is 18.8 Å². The largest absolute Gasteiger partial charge is 0.369 e. The first-order valence-corrected chi connectivity index (χ1v) is 4.65. The molecule has 76 valence electrons. The van der Waals surface area contributed by atoms with Crippen LogP contribution in [0, 0.1) is 18.3 Å². The summed E-state index contributed by atoms with van der Waals surface area (Å²) >= 11 is 0. The lowest BCUT2D eigenvalue weighted by Crippen LogP contribution is -2.30. The molecule has 1 fully saturated rings. The van der Waals surface area contributed by atoms with E-state index in [-0.39, 0.29) is 12.4 Å². The molecule has 0 aromatic heterocycles. The van der Waals surface area contributed by atoms with Crippen molar-refractivity contribution in [2.75, 3.05) is 26.3 Å². The van der Waals surface area contributed by atoms with Gasteiger partial charge in [0.25, 0.3) is 0 Å².